The highest BCUT2D eigenvalue weighted by Crippen LogP contribution is 2.03. The first-order chi connectivity index (χ1) is 8.38. The van der Waals surface area contributed by atoms with Gasteiger partial charge >= 0.3 is 0 Å². The van der Waals surface area contributed by atoms with Crippen LogP contribution in [0.2, 0.25) is 0 Å². The largest absolute Gasteiger partial charge is 0.411 e. The van der Waals surface area contributed by atoms with Gasteiger partial charge in [0.2, 0.25) is 0 Å². The van der Waals surface area contributed by atoms with Gasteiger partial charge in [0.1, 0.15) is 5.69 Å². The van der Waals surface area contributed by atoms with Gasteiger partial charge in [-0.15, -0.1) is 5.10 Å². The second kappa shape index (κ2) is 5.69. The topological polar surface area (TPSA) is 71.3 Å². The molecule has 2 aromatic rings. The maximum Gasteiger partial charge on any atom is 0.107 e. The van der Waals surface area contributed by atoms with Gasteiger partial charge in [-0.25, -0.2) is 0 Å². The summed E-state index contributed by atoms with van der Waals surface area (Å²) >= 11 is 0. The maximum atomic E-state index is 8.34. The zero-order valence-corrected chi connectivity index (χ0v) is 9.19. The molecule has 2 rings (SSSR count). The van der Waals surface area contributed by atoms with Crippen LogP contribution in [0.3, 0.4) is 0 Å². The van der Waals surface area contributed by atoms with Gasteiger partial charge in [0.15, 0.2) is 0 Å². The Balaban J connectivity index is 1.95. The Morgan fingerprint density at radius 2 is 2.12 bits per heavy atom. The summed E-state index contributed by atoms with van der Waals surface area (Å²) in [5, 5.41) is 19.2. The SMILES string of the molecule is O/N=C\c1ccc(CCc2cccnc2)nn1. The molecule has 0 saturated carbocycles. The van der Waals surface area contributed by atoms with E-state index in [4.69, 9.17) is 5.21 Å². The Bertz CT molecular complexity index is 482. The van der Waals surface area contributed by atoms with Crippen LogP contribution < -0.4 is 0 Å². The molecule has 17 heavy (non-hydrogen) atoms. The number of aromatic nitrogens is 3. The van der Waals surface area contributed by atoms with Gasteiger partial charge in [-0.1, -0.05) is 11.2 Å². The molecule has 5 nitrogen and oxygen atoms in total. The van der Waals surface area contributed by atoms with E-state index in [1.165, 1.54) is 11.8 Å². The predicted octanol–water partition coefficient (Wildman–Crippen LogP) is 1.46. The molecular weight excluding hydrogens is 216 g/mol. The fraction of sp³-hybridized carbons (Fsp3) is 0.167. The van der Waals surface area contributed by atoms with E-state index in [1.807, 2.05) is 24.4 Å². The molecule has 2 aromatic heterocycles. The monoisotopic (exact) mass is 228 g/mol. The third-order valence-electron chi connectivity index (χ3n) is 2.32. The minimum Gasteiger partial charge on any atom is -0.411 e. The van der Waals surface area contributed by atoms with Crippen LogP contribution in [-0.2, 0) is 12.8 Å². The number of hydrogen-bond donors (Lipinski definition) is 1. The quantitative estimate of drug-likeness (QED) is 0.488. The van der Waals surface area contributed by atoms with E-state index in [0.717, 1.165) is 18.5 Å². The molecule has 0 aliphatic rings. The smallest absolute Gasteiger partial charge is 0.107 e. The molecular formula is C12H12N4O. The summed E-state index contributed by atoms with van der Waals surface area (Å²) in [6, 6.07) is 7.60. The second-order valence-electron chi connectivity index (χ2n) is 3.56. The Morgan fingerprint density at radius 1 is 1.18 bits per heavy atom. The van der Waals surface area contributed by atoms with Crippen LogP contribution in [-0.4, -0.2) is 26.6 Å². The zero-order chi connectivity index (χ0) is 11.9. The molecule has 0 spiro atoms. The van der Waals surface area contributed by atoms with Crippen molar-refractivity contribution in [3.63, 3.8) is 0 Å². The molecule has 0 fully saturated rings. The molecule has 0 atom stereocenters. The summed E-state index contributed by atoms with van der Waals surface area (Å²) in [5.41, 5.74) is 2.62. The Labute approximate surface area is 98.9 Å². The lowest BCUT2D eigenvalue weighted by atomic mass is 10.1. The van der Waals surface area contributed by atoms with Crippen molar-refractivity contribution in [1.29, 1.82) is 0 Å². The average molecular weight is 228 g/mol. The third-order valence-corrected chi connectivity index (χ3v) is 2.32. The maximum absolute atomic E-state index is 8.34. The molecule has 0 unspecified atom stereocenters. The minimum absolute atomic E-state index is 0.539. The number of aryl methyl sites for hydroxylation is 2. The van der Waals surface area contributed by atoms with Crippen LogP contribution in [0.4, 0.5) is 0 Å². The van der Waals surface area contributed by atoms with E-state index in [0.29, 0.717) is 5.69 Å². The van der Waals surface area contributed by atoms with Crippen LogP contribution in [0, 0.1) is 0 Å². The molecule has 0 saturated heterocycles. The fourth-order valence-electron chi connectivity index (χ4n) is 1.45. The Morgan fingerprint density at radius 3 is 2.76 bits per heavy atom. The Kier molecular flexibility index (Phi) is 3.75. The predicted molar refractivity (Wildman–Crippen MR) is 63.1 cm³/mol. The lowest BCUT2D eigenvalue weighted by Gasteiger charge is -2.00. The van der Waals surface area contributed by atoms with Gasteiger partial charge in [-0.2, -0.15) is 5.10 Å². The van der Waals surface area contributed by atoms with Gasteiger partial charge in [0.25, 0.3) is 0 Å². The number of rotatable bonds is 4. The van der Waals surface area contributed by atoms with Gasteiger partial charge in [-0.05, 0) is 36.6 Å². The van der Waals surface area contributed by atoms with Crippen LogP contribution in [0.1, 0.15) is 17.0 Å². The molecule has 0 amide bonds. The van der Waals surface area contributed by atoms with Gasteiger partial charge < -0.3 is 5.21 Å². The summed E-state index contributed by atoms with van der Waals surface area (Å²) in [6.45, 7) is 0. The van der Waals surface area contributed by atoms with Crippen molar-refractivity contribution < 1.29 is 5.21 Å². The van der Waals surface area contributed by atoms with Crippen molar-refractivity contribution in [2.45, 2.75) is 12.8 Å². The first kappa shape index (κ1) is 11.2. The summed E-state index contributed by atoms with van der Waals surface area (Å²) in [4.78, 5) is 4.05. The minimum atomic E-state index is 0.539. The first-order valence-electron chi connectivity index (χ1n) is 5.27. The number of oxime groups is 1. The normalized spacial score (nSPS) is 10.8. The van der Waals surface area contributed by atoms with Gasteiger partial charge in [0, 0.05) is 12.4 Å². The number of pyridine rings is 1. The van der Waals surface area contributed by atoms with Crippen molar-refractivity contribution in [2.75, 3.05) is 0 Å². The standard InChI is InChI=1S/C12H12N4O/c17-14-9-12-6-5-11(15-16-12)4-3-10-2-1-7-13-8-10/h1-2,5-9,17H,3-4H2/b14-9-. The van der Waals surface area contributed by atoms with Crippen molar-refractivity contribution in [3.8, 4) is 0 Å². The highest BCUT2D eigenvalue weighted by molar-refractivity contribution is 5.75. The van der Waals surface area contributed by atoms with Crippen LogP contribution in [0.15, 0.2) is 41.8 Å². The highest BCUT2D eigenvalue weighted by Gasteiger charge is 1.98. The molecule has 5 heteroatoms. The first-order valence-corrected chi connectivity index (χ1v) is 5.27. The van der Waals surface area contributed by atoms with Crippen molar-refractivity contribution >= 4 is 6.21 Å². The third kappa shape index (κ3) is 3.34. The van der Waals surface area contributed by atoms with E-state index < -0.39 is 0 Å². The van der Waals surface area contributed by atoms with E-state index in [9.17, 15) is 0 Å². The van der Waals surface area contributed by atoms with Crippen molar-refractivity contribution in [3.05, 3.63) is 53.6 Å². The molecule has 2 heterocycles. The van der Waals surface area contributed by atoms with Crippen LogP contribution >= 0.6 is 0 Å². The van der Waals surface area contributed by atoms with Crippen LogP contribution in [0.5, 0.6) is 0 Å². The molecule has 0 bridgehead atoms. The number of hydrogen-bond acceptors (Lipinski definition) is 5. The van der Waals surface area contributed by atoms with Crippen molar-refractivity contribution in [2.24, 2.45) is 5.16 Å². The lowest BCUT2D eigenvalue weighted by molar-refractivity contribution is 0.321. The second-order valence-corrected chi connectivity index (χ2v) is 3.56. The van der Waals surface area contributed by atoms with Crippen LogP contribution in [0.25, 0.3) is 0 Å². The number of nitrogens with zero attached hydrogens (tertiary/aromatic N) is 4. The summed E-state index contributed by atoms with van der Waals surface area (Å²) < 4.78 is 0. The summed E-state index contributed by atoms with van der Waals surface area (Å²) in [7, 11) is 0. The van der Waals surface area contributed by atoms with E-state index in [-0.39, 0.29) is 0 Å². The molecule has 0 aliphatic carbocycles. The fourth-order valence-corrected chi connectivity index (χ4v) is 1.45. The van der Waals surface area contributed by atoms with Gasteiger partial charge in [0.05, 0.1) is 11.9 Å². The van der Waals surface area contributed by atoms with Gasteiger partial charge in [-0.3, -0.25) is 4.98 Å². The molecule has 1 N–H and O–H groups in total. The van der Waals surface area contributed by atoms with E-state index in [1.54, 1.807) is 12.3 Å². The van der Waals surface area contributed by atoms with Crippen molar-refractivity contribution in [1.82, 2.24) is 15.2 Å². The lowest BCUT2D eigenvalue weighted by Crippen LogP contribution is -1.99. The van der Waals surface area contributed by atoms with E-state index >= 15 is 0 Å². The molecule has 0 aromatic carbocycles. The molecule has 0 radical (unpaired) electrons. The molecule has 86 valence electrons. The molecule has 0 aliphatic heterocycles. The summed E-state index contributed by atoms with van der Waals surface area (Å²) in [5.74, 6) is 0. The Hall–Kier alpha value is -2.30. The summed E-state index contributed by atoms with van der Waals surface area (Å²) in [6.07, 6.45) is 6.55. The average Bonchev–Trinajstić information content (AvgIpc) is 2.40. The van der Waals surface area contributed by atoms with E-state index in [2.05, 4.69) is 20.3 Å². The highest BCUT2D eigenvalue weighted by atomic mass is 16.4. The zero-order valence-electron chi connectivity index (χ0n) is 9.19.